The van der Waals surface area contributed by atoms with Crippen molar-refractivity contribution in [2.24, 2.45) is 0 Å². The molecule has 2 unspecified atom stereocenters. The van der Waals surface area contributed by atoms with Gasteiger partial charge < -0.3 is 15.7 Å². The number of rotatable bonds is 7. The number of benzene rings is 1. The van der Waals surface area contributed by atoms with Crippen LogP contribution in [0.1, 0.15) is 35.1 Å². The molecule has 2 amide bonds. The summed E-state index contributed by atoms with van der Waals surface area (Å²) in [7, 11) is 0. The lowest BCUT2D eigenvalue weighted by Crippen LogP contribution is -2.37. The third kappa shape index (κ3) is 5.59. The van der Waals surface area contributed by atoms with Crippen LogP contribution in [0.5, 0.6) is 0 Å². The van der Waals surface area contributed by atoms with Gasteiger partial charge in [-0.25, -0.2) is 0 Å². The molecule has 1 aromatic carbocycles. The van der Waals surface area contributed by atoms with Crippen molar-refractivity contribution in [1.82, 2.24) is 5.32 Å². The van der Waals surface area contributed by atoms with E-state index in [0.29, 0.717) is 17.4 Å². The van der Waals surface area contributed by atoms with E-state index in [2.05, 4.69) is 17.6 Å². The molecule has 2 rings (SSSR count). The quantitative estimate of drug-likeness (QED) is 0.646. The van der Waals surface area contributed by atoms with Crippen molar-refractivity contribution in [2.45, 2.75) is 24.6 Å². The molecular formula is C18H22N2O3S2. The van der Waals surface area contributed by atoms with Gasteiger partial charge in [-0.2, -0.15) is 11.8 Å². The average molecular weight is 379 g/mol. The topological polar surface area (TPSA) is 78.4 Å². The smallest absolute Gasteiger partial charge is 0.313 e. The Kier molecular flexibility index (Phi) is 7.49. The van der Waals surface area contributed by atoms with Crippen molar-refractivity contribution in [3.8, 4) is 0 Å². The number of aliphatic hydroxyl groups is 1. The van der Waals surface area contributed by atoms with E-state index in [1.54, 1.807) is 17.8 Å². The van der Waals surface area contributed by atoms with Crippen LogP contribution in [0.2, 0.25) is 0 Å². The van der Waals surface area contributed by atoms with Gasteiger partial charge in [-0.15, -0.1) is 11.3 Å². The highest BCUT2D eigenvalue weighted by Gasteiger charge is 2.20. The first kappa shape index (κ1) is 19.5. The molecule has 0 bridgehead atoms. The largest absolute Gasteiger partial charge is 0.396 e. The Morgan fingerprint density at radius 3 is 2.68 bits per heavy atom. The Morgan fingerprint density at radius 2 is 2.04 bits per heavy atom. The predicted octanol–water partition coefficient (Wildman–Crippen LogP) is 3.35. The molecule has 0 saturated carbocycles. The molecule has 0 radical (unpaired) electrons. The highest BCUT2D eigenvalue weighted by molar-refractivity contribution is 7.98. The Bertz CT molecular complexity index is 704. The lowest BCUT2D eigenvalue weighted by Gasteiger charge is -2.16. The minimum Gasteiger partial charge on any atom is -0.396 e. The zero-order valence-corrected chi connectivity index (χ0v) is 15.8. The molecule has 0 aliphatic rings. The van der Waals surface area contributed by atoms with Gasteiger partial charge in [0, 0.05) is 22.4 Å². The maximum absolute atomic E-state index is 12.2. The van der Waals surface area contributed by atoms with E-state index in [1.807, 2.05) is 42.0 Å². The summed E-state index contributed by atoms with van der Waals surface area (Å²) in [5.41, 5.74) is 1.68. The summed E-state index contributed by atoms with van der Waals surface area (Å²) in [6.07, 6.45) is 2.38. The van der Waals surface area contributed by atoms with Gasteiger partial charge in [-0.3, -0.25) is 9.59 Å². The zero-order chi connectivity index (χ0) is 18.2. The van der Waals surface area contributed by atoms with E-state index in [4.69, 9.17) is 0 Å². The lowest BCUT2D eigenvalue weighted by molar-refractivity contribution is -0.136. The number of anilines is 1. The molecule has 0 aliphatic carbocycles. The van der Waals surface area contributed by atoms with Crippen molar-refractivity contribution >= 4 is 40.6 Å². The third-order valence-electron chi connectivity index (χ3n) is 3.78. The molecule has 3 N–H and O–H groups in total. The van der Waals surface area contributed by atoms with Crippen LogP contribution in [0.4, 0.5) is 5.69 Å². The normalized spacial score (nSPS) is 13.1. The monoisotopic (exact) mass is 378 g/mol. The molecule has 0 saturated heterocycles. The molecule has 2 aromatic rings. The van der Waals surface area contributed by atoms with Gasteiger partial charge in [0.15, 0.2) is 0 Å². The number of thiophene rings is 1. The number of carbonyl (C=O) groups excluding carboxylic acids is 2. The second kappa shape index (κ2) is 9.60. The van der Waals surface area contributed by atoms with E-state index in [0.717, 1.165) is 10.4 Å². The fraction of sp³-hybridized carbons (Fsp3) is 0.333. The van der Waals surface area contributed by atoms with Gasteiger partial charge in [-0.1, -0.05) is 18.2 Å². The fourth-order valence-corrected chi connectivity index (χ4v) is 3.55. The van der Waals surface area contributed by atoms with Crippen LogP contribution in [0.15, 0.2) is 41.8 Å². The van der Waals surface area contributed by atoms with Crippen molar-refractivity contribution in [1.29, 1.82) is 0 Å². The summed E-state index contributed by atoms with van der Waals surface area (Å²) in [5, 5.41) is 16.7. The first-order valence-electron chi connectivity index (χ1n) is 7.94. The molecule has 1 aromatic heterocycles. The molecule has 2 atom stereocenters. The number of amides is 2. The van der Waals surface area contributed by atoms with Crippen LogP contribution < -0.4 is 10.6 Å². The van der Waals surface area contributed by atoms with E-state index in [1.165, 1.54) is 11.3 Å². The van der Waals surface area contributed by atoms with E-state index < -0.39 is 11.8 Å². The van der Waals surface area contributed by atoms with E-state index in [9.17, 15) is 14.7 Å². The lowest BCUT2D eigenvalue weighted by atomic mass is 10.1. The number of nitrogens with one attached hydrogen (secondary N) is 2. The summed E-state index contributed by atoms with van der Waals surface area (Å²) in [4.78, 5) is 25.3. The summed E-state index contributed by atoms with van der Waals surface area (Å²) in [6.45, 7) is 2.01. The second-order valence-corrected chi connectivity index (χ2v) is 7.67. The molecule has 0 aliphatic heterocycles. The fourth-order valence-electron chi connectivity index (χ4n) is 2.32. The summed E-state index contributed by atoms with van der Waals surface area (Å²) < 4.78 is 0. The summed E-state index contributed by atoms with van der Waals surface area (Å²) >= 11 is 3.19. The predicted molar refractivity (Wildman–Crippen MR) is 104 cm³/mol. The molecular weight excluding hydrogens is 356 g/mol. The van der Waals surface area contributed by atoms with Gasteiger partial charge in [-0.05, 0) is 48.7 Å². The third-order valence-corrected chi connectivity index (χ3v) is 5.75. The van der Waals surface area contributed by atoms with Gasteiger partial charge in [0.25, 0.3) is 0 Å². The summed E-state index contributed by atoms with van der Waals surface area (Å²) in [5.74, 6) is -1.43. The Labute approximate surface area is 155 Å². The summed E-state index contributed by atoms with van der Waals surface area (Å²) in [6, 6.07) is 10.8. The van der Waals surface area contributed by atoms with Crippen LogP contribution in [0.3, 0.4) is 0 Å². The number of thioether (sulfide) groups is 1. The standard InChI is InChI=1S/C18H22N2O3S2/c1-12(24-2)13-5-3-6-14(11-13)19-17(22)18(23)20-15(8-9-21)16-7-4-10-25-16/h3-7,10-12,15,21H,8-9H2,1-2H3,(H,19,22)(H,20,23). The Hall–Kier alpha value is -1.83. The highest BCUT2D eigenvalue weighted by atomic mass is 32.2. The van der Waals surface area contributed by atoms with Gasteiger partial charge in [0.05, 0.1) is 6.04 Å². The van der Waals surface area contributed by atoms with Crippen LogP contribution in [-0.4, -0.2) is 29.8 Å². The minimum absolute atomic E-state index is 0.0704. The van der Waals surface area contributed by atoms with Crippen molar-refractivity contribution in [2.75, 3.05) is 18.2 Å². The van der Waals surface area contributed by atoms with Crippen LogP contribution >= 0.6 is 23.1 Å². The minimum atomic E-state index is -0.714. The maximum Gasteiger partial charge on any atom is 0.313 e. The Balaban J connectivity index is 2.01. The van der Waals surface area contributed by atoms with E-state index in [-0.39, 0.29) is 12.6 Å². The van der Waals surface area contributed by atoms with Crippen molar-refractivity contribution in [3.63, 3.8) is 0 Å². The van der Waals surface area contributed by atoms with E-state index >= 15 is 0 Å². The molecule has 0 fully saturated rings. The first-order chi connectivity index (χ1) is 12.0. The molecule has 0 spiro atoms. The number of aliphatic hydroxyl groups excluding tert-OH is 1. The number of hydrogen-bond acceptors (Lipinski definition) is 5. The average Bonchev–Trinajstić information content (AvgIpc) is 3.15. The number of carbonyl (C=O) groups is 2. The first-order valence-corrected chi connectivity index (χ1v) is 10.1. The molecule has 1 heterocycles. The SMILES string of the molecule is CSC(C)c1cccc(NC(=O)C(=O)NC(CCO)c2cccs2)c1. The molecule has 134 valence electrons. The highest BCUT2D eigenvalue weighted by Crippen LogP contribution is 2.27. The van der Waals surface area contributed by atoms with Crippen molar-refractivity contribution in [3.05, 3.63) is 52.2 Å². The molecule has 25 heavy (non-hydrogen) atoms. The van der Waals surface area contributed by atoms with Crippen molar-refractivity contribution < 1.29 is 14.7 Å². The van der Waals surface area contributed by atoms with Crippen LogP contribution in [0, 0.1) is 0 Å². The second-order valence-electron chi connectivity index (χ2n) is 5.51. The maximum atomic E-state index is 12.2. The van der Waals surface area contributed by atoms with Crippen LogP contribution in [0.25, 0.3) is 0 Å². The molecule has 7 heteroatoms. The zero-order valence-electron chi connectivity index (χ0n) is 14.2. The number of hydrogen-bond donors (Lipinski definition) is 3. The van der Waals surface area contributed by atoms with Crippen LogP contribution in [-0.2, 0) is 9.59 Å². The van der Waals surface area contributed by atoms with Gasteiger partial charge in [0.2, 0.25) is 0 Å². The molecule has 5 nitrogen and oxygen atoms in total. The Morgan fingerprint density at radius 1 is 1.24 bits per heavy atom. The van der Waals surface area contributed by atoms with Gasteiger partial charge >= 0.3 is 11.8 Å². The van der Waals surface area contributed by atoms with Gasteiger partial charge in [0.1, 0.15) is 0 Å².